The van der Waals surface area contributed by atoms with E-state index in [9.17, 15) is 0 Å². The Balaban J connectivity index is -0.0000000398. The molecule has 0 bridgehead atoms. The molecule has 245 valence electrons. The predicted octanol–water partition coefficient (Wildman–Crippen LogP) is 11.7. The van der Waals surface area contributed by atoms with E-state index in [4.69, 9.17) is 71.0 Å². The van der Waals surface area contributed by atoms with Gasteiger partial charge < -0.3 is 71.0 Å². The quantitative estimate of drug-likeness (QED) is 0.0989. The minimum atomic E-state index is -0.741. The smallest absolute Gasteiger partial charge is 0.512 e. The van der Waals surface area contributed by atoms with Gasteiger partial charge in [0.15, 0.2) is 0 Å². The molecular formula is C33H63FeN6Sn3. The first kappa shape index (κ1) is 69.5. The van der Waals surface area contributed by atoms with E-state index in [1.165, 1.54) is 77.0 Å². The van der Waals surface area contributed by atoms with Crippen molar-refractivity contribution in [3.8, 4) is 0 Å². The predicted molar refractivity (Wildman–Crippen MR) is 183 cm³/mol. The van der Waals surface area contributed by atoms with Gasteiger partial charge in [-0.05, 0) is 0 Å². The third kappa shape index (κ3) is 117. The zero-order chi connectivity index (χ0) is 35.5. The largest absolute Gasteiger partial charge is 3.00 e. The van der Waals surface area contributed by atoms with Crippen molar-refractivity contribution in [3.05, 3.63) is 39.4 Å². The molecule has 0 saturated heterocycles. The van der Waals surface area contributed by atoms with Gasteiger partial charge in [-0.15, -0.1) is 0 Å². The summed E-state index contributed by atoms with van der Waals surface area (Å²) < 4.78 is 9.83. The zero-order valence-electron chi connectivity index (χ0n) is 29.3. The number of nitrogens with zero attached hydrogens (tertiary/aromatic N) is 6. The van der Waals surface area contributed by atoms with Gasteiger partial charge in [-0.25, -0.2) is 0 Å². The van der Waals surface area contributed by atoms with Gasteiger partial charge in [0.05, 0.1) is 0 Å². The van der Waals surface area contributed by atoms with E-state index in [1.54, 1.807) is 26.6 Å². The molecule has 0 aromatic carbocycles. The van der Waals surface area contributed by atoms with E-state index in [1.807, 2.05) is 0 Å². The van der Waals surface area contributed by atoms with Gasteiger partial charge in [-0.2, -0.15) is 0 Å². The van der Waals surface area contributed by atoms with Crippen molar-refractivity contribution < 1.29 is 17.1 Å². The third-order valence-corrected chi connectivity index (χ3v) is 26.4. The summed E-state index contributed by atoms with van der Waals surface area (Å²) in [5.41, 5.74) is 0. The molecule has 43 heavy (non-hydrogen) atoms. The molecule has 0 aliphatic rings. The average molecular weight is 956 g/mol. The molecule has 10 heteroatoms. The Morgan fingerprint density at radius 2 is 0.395 bits per heavy atom. The van der Waals surface area contributed by atoms with Crippen LogP contribution in [0.25, 0.3) is 0 Å². The van der Waals surface area contributed by atoms with Crippen LogP contribution in [0.15, 0.2) is 0 Å². The Morgan fingerprint density at radius 1 is 0.302 bits per heavy atom. The molecule has 0 fully saturated rings. The van der Waals surface area contributed by atoms with Crippen LogP contribution in [0.4, 0.5) is 0 Å². The molecule has 0 rings (SSSR count). The van der Waals surface area contributed by atoms with Gasteiger partial charge in [0.2, 0.25) is 0 Å². The standard InChI is InChI=1S/6C4H9.6CN.3CH3.Fe.3Sn/c6*1-3-4-2;6*1-2;;;;;;;/h6*1,3-4H2,2H3;;;;;;;3*1H3;;;;/q;;;;;;6*-1;;;;+3;3*+1. The molecule has 6 nitrogen and oxygen atoms in total. The Morgan fingerprint density at radius 3 is 0.465 bits per heavy atom. The molecule has 0 atom stereocenters. The molecule has 0 N–H and O–H groups in total. The van der Waals surface area contributed by atoms with Crippen molar-refractivity contribution in [2.45, 2.75) is 160 Å². The summed E-state index contributed by atoms with van der Waals surface area (Å²) in [4.78, 5) is 7.73. The van der Waals surface area contributed by atoms with Gasteiger partial charge in [0.25, 0.3) is 0 Å². The van der Waals surface area contributed by atoms with Crippen molar-refractivity contribution >= 4 is 59.3 Å². The second-order valence-electron chi connectivity index (χ2n) is 9.49. The van der Waals surface area contributed by atoms with E-state index < -0.39 is 59.3 Å². The normalized spacial score (nSPS) is 7.19. The summed E-state index contributed by atoms with van der Waals surface area (Å²) in [6.45, 7) is 42.3. The molecule has 0 aliphatic heterocycles. The Bertz CT molecular complexity index is 399. The van der Waals surface area contributed by atoms with Gasteiger partial charge in [0, 0.05) is 0 Å². The molecule has 0 amide bonds. The second-order valence-corrected chi connectivity index (χ2v) is 34.4. The Hall–Kier alpha value is -0.144. The van der Waals surface area contributed by atoms with Crippen LogP contribution < -0.4 is 0 Å². The van der Waals surface area contributed by atoms with Gasteiger partial charge in [0.1, 0.15) is 0 Å². The fourth-order valence-corrected chi connectivity index (χ4v) is 21.8. The van der Waals surface area contributed by atoms with Crippen LogP contribution in [0.5, 0.6) is 0 Å². The van der Waals surface area contributed by atoms with E-state index in [2.05, 4.69) is 56.4 Å². The average Bonchev–Trinajstić information content (AvgIpc) is 3.08. The summed E-state index contributed by atoms with van der Waals surface area (Å²) in [6.07, 6.45) is 17.5. The van der Waals surface area contributed by atoms with Crippen LogP contribution in [-0.2, 0) is 17.1 Å². The first-order valence-corrected chi connectivity index (χ1v) is 35.9. The molecular weight excluding hydrogens is 892 g/mol. The van der Waals surface area contributed by atoms with E-state index in [-0.39, 0.29) is 17.1 Å². The van der Waals surface area contributed by atoms with Crippen LogP contribution in [0.3, 0.4) is 0 Å². The Kier molecular flexibility index (Phi) is 157. The maximum Gasteiger partial charge on any atom is 3.00 e. The third-order valence-electron chi connectivity index (χ3n) is 5.74. The van der Waals surface area contributed by atoms with Crippen LogP contribution in [-0.4, -0.2) is 59.3 Å². The first-order valence-electron chi connectivity index (χ1n) is 15.2. The fraction of sp³-hybridized carbons (Fsp3) is 0.818. The molecule has 0 aromatic rings. The number of rotatable bonds is 18. The Labute approximate surface area is 304 Å². The fourth-order valence-electron chi connectivity index (χ4n) is 3.25. The summed E-state index contributed by atoms with van der Waals surface area (Å²) in [5, 5.41) is 37.5. The van der Waals surface area contributed by atoms with E-state index >= 15 is 0 Å². The SMILES string of the molecule is CCC[CH2][Sn+]([CH3])[CH2]CCC.CCC[CH2][Sn+]([CH3])[CH2]CCC.CCC[CH2][Sn+]([CH3])[CH2]CCC.[C-]#N.[C-]#N.[C-]#N.[C-]#N.[C-]#N.[C-]#N.[Fe+3]. The molecule has 0 spiro atoms. The van der Waals surface area contributed by atoms with Crippen molar-refractivity contribution in [2.24, 2.45) is 0 Å². The molecule has 0 saturated carbocycles. The maximum absolute atomic E-state index is 6.25. The van der Waals surface area contributed by atoms with Crippen LogP contribution in [0, 0.1) is 71.0 Å². The maximum atomic E-state index is 6.25. The molecule has 0 heterocycles. The number of unbranched alkanes of at least 4 members (excludes halogenated alkanes) is 6. The second kappa shape index (κ2) is 96.9. The van der Waals surface area contributed by atoms with Crippen molar-refractivity contribution in [2.75, 3.05) is 0 Å². The topological polar surface area (TPSA) is 143 Å². The number of hydrogen-bond donors (Lipinski definition) is 0. The summed E-state index contributed by atoms with van der Waals surface area (Å²) in [6, 6.07) is 0. The van der Waals surface area contributed by atoms with Crippen LogP contribution in [0.1, 0.15) is 119 Å². The molecule has 0 aliphatic carbocycles. The van der Waals surface area contributed by atoms with Crippen molar-refractivity contribution in [1.29, 1.82) is 31.6 Å². The summed E-state index contributed by atoms with van der Waals surface area (Å²) >= 11 is -2.22. The molecule has 1 radical (unpaired) electrons. The molecule has 0 unspecified atom stereocenters. The van der Waals surface area contributed by atoms with Crippen molar-refractivity contribution in [3.63, 3.8) is 0 Å². The monoisotopic (exact) mass is 959 g/mol. The zero-order valence-corrected chi connectivity index (χ0v) is 38.9. The number of hydrogen-bond acceptors (Lipinski definition) is 6. The van der Waals surface area contributed by atoms with E-state index in [0.717, 1.165) is 0 Å². The summed E-state index contributed by atoms with van der Waals surface area (Å²) in [5.74, 6) is 0. The van der Waals surface area contributed by atoms with Crippen molar-refractivity contribution in [1.82, 2.24) is 0 Å². The van der Waals surface area contributed by atoms with Crippen LogP contribution in [0.2, 0.25) is 41.4 Å². The van der Waals surface area contributed by atoms with Crippen LogP contribution >= 0.6 is 0 Å². The minimum Gasteiger partial charge on any atom is -0.512 e. The van der Waals surface area contributed by atoms with Gasteiger partial charge in [-0.1, -0.05) is 0 Å². The van der Waals surface area contributed by atoms with Gasteiger partial charge in [-0.3, -0.25) is 0 Å². The molecule has 0 aromatic heterocycles. The first-order chi connectivity index (χ1) is 20.4. The van der Waals surface area contributed by atoms with E-state index in [0.29, 0.717) is 0 Å². The minimum absolute atomic E-state index is 0. The summed E-state index contributed by atoms with van der Waals surface area (Å²) in [7, 11) is 0. The van der Waals surface area contributed by atoms with Gasteiger partial charge >= 0.3 is 236 Å².